The van der Waals surface area contributed by atoms with E-state index in [0.29, 0.717) is 0 Å². The summed E-state index contributed by atoms with van der Waals surface area (Å²) in [5.41, 5.74) is 3.12. The molecule has 0 fully saturated rings. The quantitative estimate of drug-likeness (QED) is 0.669. The van der Waals surface area contributed by atoms with E-state index in [9.17, 15) is 0 Å². The maximum Gasteiger partial charge on any atom is 0.119 e. The Morgan fingerprint density at radius 1 is 1.12 bits per heavy atom. The Morgan fingerprint density at radius 3 is 2.35 bits per heavy atom. The van der Waals surface area contributed by atoms with Crippen LogP contribution in [0.15, 0.2) is 18.2 Å². The van der Waals surface area contributed by atoms with Crippen molar-refractivity contribution >= 4 is 0 Å². The van der Waals surface area contributed by atoms with Gasteiger partial charge in [0, 0.05) is 0 Å². The second-order valence-electron chi connectivity index (χ2n) is 5.73. The summed E-state index contributed by atoms with van der Waals surface area (Å²) >= 11 is 0. The fourth-order valence-electron chi connectivity index (χ4n) is 2.20. The van der Waals surface area contributed by atoms with Gasteiger partial charge in [0.05, 0.1) is 7.11 Å². The Kier molecular flexibility index (Phi) is 5.04. The molecule has 96 valence electrons. The van der Waals surface area contributed by atoms with Gasteiger partial charge in [0.15, 0.2) is 0 Å². The molecule has 0 N–H and O–H groups in total. The second-order valence-corrected chi connectivity index (χ2v) is 5.73. The number of methoxy groups -OCH3 is 1. The predicted octanol–water partition coefficient (Wildman–Crippen LogP) is 4.73. The fraction of sp³-hybridized carbons (Fsp3) is 0.625. The fourth-order valence-corrected chi connectivity index (χ4v) is 2.20. The summed E-state index contributed by atoms with van der Waals surface area (Å²) in [4.78, 5) is 0. The maximum absolute atomic E-state index is 5.33. The Morgan fingerprint density at radius 2 is 1.82 bits per heavy atom. The molecule has 1 nitrogen and oxygen atoms in total. The third-order valence-electron chi connectivity index (χ3n) is 3.17. The van der Waals surface area contributed by atoms with E-state index in [1.807, 2.05) is 0 Å². The molecule has 0 aliphatic heterocycles. The summed E-state index contributed by atoms with van der Waals surface area (Å²) in [6.07, 6.45) is 5.01. The number of aryl methyl sites for hydroxylation is 1. The van der Waals surface area contributed by atoms with Gasteiger partial charge < -0.3 is 4.74 Å². The maximum atomic E-state index is 5.33. The molecule has 0 saturated heterocycles. The molecule has 0 atom stereocenters. The molecule has 1 heteroatoms. The Hall–Kier alpha value is -0.980. The number of hydrogen-bond acceptors (Lipinski definition) is 1. The standard InChI is InChI=1S/C16H26O/c1-6-7-8-9-13-12-14(17-5)10-11-15(13)16(2,3)4/h10-12H,6-9H2,1-5H3. The molecule has 0 radical (unpaired) electrons. The minimum atomic E-state index is 0.216. The average Bonchev–Trinajstić information content (AvgIpc) is 2.28. The van der Waals surface area contributed by atoms with Crippen molar-refractivity contribution in [1.29, 1.82) is 0 Å². The number of hydrogen-bond donors (Lipinski definition) is 0. The molecular weight excluding hydrogens is 208 g/mol. The number of rotatable bonds is 5. The molecule has 0 bridgehead atoms. The molecule has 17 heavy (non-hydrogen) atoms. The van der Waals surface area contributed by atoms with Crippen molar-refractivity contribution in [3.05, 3.63) is 29.3 Å². The summed E-state index contributed by atoms with van der Waals surface area (Å²) < 4.78 is 5.33. The summed E-state index contributed by atoms with van der Waals surface area (Å²) in [6.45, 7) is 9.07. The van der Waals surface area contributed by atoms with E-state index in [1.165, 1.54) is 30.4 Å². The van der Waals surface area contributed by atoms with E-state index in [0.717, 1.165) is 12.2 Å². The molecule has 0 aromatic heterocycles. The van der Waals surface area contributed by atoms with Crippen LogP contribution in [0.3, 0.4) is 0 Å². The van der Waals surface area contributed by atoms with Crippen LogP contribution in [0.1, 0.15) is 58.1 Å². The molecule has 0 heterocycles. The molecule has 0 saturated carbocycles. The van der Waals surface area contributed by atoms with Gasteiger partial charge >= 0.3 is 0 Å². The highest BCUT2D eigenvalue weighted by atomic mass is 16.5. The van der Waals surface area contributed by atoms with Crippen LogP contribution in [-0.2, 0) is 11.8 Å². The second kappa shape index (κ2) is 6.09. The van der Waals surface area contributed by atoms with Crippen molar-refractivity contribution in [2.24, 2.45) is 0 Å². The summed E-state index contributed by atoms with van der Waals surface area (Å²) in [7, 11) is 1.74. The molecule has 0 spiro atoms. The van der Waals surface area contributed by atoms with Crippen LogP contribution in [0.2, 0.25) is 0 Å². The molecule has 1 rings (SSSR count). The highest BCUT2D eigenvalue weighted by Gasteiger charge is 2.17. The van der Waals surface area contributed by atoms with Gasteiger partial charge in [-0.3, -0.25) is 0 Å². The van der Waals surface area contributed by atoms with Gasteiger partial charge in [-0.15, -0.1) is 0 Å². The topological polar surface area (TPSA) is 9.23 Å². The van der Waals surface area contributed by atoms with Gasteiger partial charge in [0.1, 0.15) is 5.75 Å². The first-order chi connectivity index (χ1) is 7.99. The zero-order valence-electron chi connectivity index (χ0n) is 12.0. The van der Waals surface area contributed by atoms with E-state index in [-0.39, 0.29) is 5.41 Å². The molecule has 1 aromatic rings. The Balaban J connectivity index is 2.95. The van der Waals surface area contributed by atoms with Gasteiger partial charge in [-0.1, -0.05) is 46.6 Å². The molecule has 0 unspecified atom stereocenters. The van der Waals surface area contributed by atoms with Gasteiger partial charge in [-0.05, 0) is 41.5 Å². The molecule has 0 amide bonds. The van der Waals surface area contributed by atoms with Crippen LogP contribution >= 0.6 is 0 Å². The first-order valence-electron chi connectivity index (χ1n) is 6.66. The molecule has 1 aromatic carbocycles. The lowest BCUT2D eigenvalue weighted by atomic mass is 9.82. The predicted molar refractivity (Wildman–Crippen MR) is 74.9 cm³/mol. The monoisotopic (exact) mass is 234 g/mol. The first kappa shape index (κ1) is 14.1. The zero-order valence-corrected chi connectivity index (χ0v) is 12.0. The highest BCUT2D eigenvalue weighted by Crippen LogP contribution is 2.29. The lowest BCUT2D eigenvalue weighted by Gasteiger charge is -2.23. The van der Waals surface area contributed by atoms with Gasteiger partial charge in [0.2, 0.25) is 0 Å². The van der Waals surface area contributed by atoms with Crippen LogP contribution in [-0.4, -0.2) is 7.11 Å². The summed E-state index contributed by atoms with van der Waals surface area (Å²) in [6, 6.07) is 6.50. The van der Waals surface area contributed by atoms with Gasteiger partial charge in [-0.2, -0.15) is 0 Å². The zero-order chi connectivity index (χ0) is 12.9. The normalized spacial score (nSPS) is 11.6. The third-order valence-corrected chi connectivity index (χ3v) is 3.17. The lowest BCUT2D eigenvalue weighted by Crippen LogP contribution is -2.14. The number of ether oxygens (including phenoxy) is 1. The minimum Gasteiger partial charge on any atom is -0.497 e. The van der Waals surface area contributed by atoms with Crippen molar-refractivity contribution in [3.8, 4) is 5.75 Å². The number of unbranched alkanes of at least 4 members (excludes halogenated alkanes) is 2. The minimum absolute atomic E-state index is 0.216. The van der Waals surface area contributed by atoms with Crippen LogP contribution in [0.4, 0.5) is 0 Å². The smallest absolute Gasteiger partial charge is 0.119 e. The van der Waals surface area contributed by atoms with Gasteiger partial charge in [-0.25, -0.2) is 0 Å². The van der Waals surface area contributed by atoms with Crippen molar-refractivity contribution in [2.45, 2.75) is 58.8 Å². The van der Waals surface area contributed by atoms with Gasteiger partial charge in [0.25, 0.3) is 0 Å². The van der Waals surface area contributed by atoms with Crippen LogP contribution in [0.25, 0.3) is 0 Å². The molecular formula is C16H26O. The van der Waals surface area contributed by atoms with Crippen molar-refractivity contribution in [3.63, 3.8) is 0 Å². The van der Waals surface area contributed by atoms with Crippen LogP contribution in [0.5, 0.6) is 5.75 Å². The van der Waals surface area contributed by atoms with E-state index in [4.69, 9.17) is 4.74 Å². The Bertz CT molecular complexity index is 347. The van der Waals surface area contributed by atoms with Crippen molar-refractivity contribution < 1.29 is 4.74 Å². The molecule has 0 aliphatic rings. The SMILES string of the molecule is CCCCCc1cc(OC)ccc1C(C)(C)C. The van der Waals surface area contributed by atoms with E-state index < -0.39 is 0 Å². The molecule has 0 aliphatic carbocycles. The van der Waals surface area contributed by atoms with Crippen molar-refractivity contribution in [1.82, 2.24) is 0 Å². The summed E-state index contributed by atoms with van der Waals surface area (Å²) in [5.74, 6) is 0.976. The van der Waals surface area contributed by atoms with E-state index in [1.54, 1.807) is 7.11 Å². The first-order valence-corrected chi connectivity index (χ1v) is 6.66. The highest BCUT2D eigenvalue weighted by molar-refractivity contribution is 5.39. The Labute approximate surface area is 106 Å². The summed E-state index contributed by atoms with van der Waals surface area (Å²) in [5, 5.41) is 0. The third kappa shape index (κ3) is 4.07. The van der Waals surface area contributed by atoms with Crippen LogP contribution in [0, 0.1) is 0 Å². The van der Waals surface area contributed by atoms with Crippen LogP contribution < -0.4 is 4.74 Å². The number of benzene rings is 1. The average molecular weight is 234 g/mol. The lowest BCUT2D eigenvalue weighted by molar-refractivity contribution is 0.413. The van der Waals surface area contributed by atoms with Crippen molar-refractivity contribution in [2.75, 3.05) is 7.11 Å². The van der Waals surface area contributed by atoms with E-state index >= 15 is 0 Å². The largest absolute Gasteiger partial charge is 0.497 e. The van der Waals surface area contributed by atoms with E-state index in [2.05, 4.69) is 45.9 Å².